The quantitative estimate of drug-likeness (QED) is 0.563. The van der Waals surface area contributed by atoms with Crippen LogP contribution in [0.2, 0.25) is 0 Å². The number of hydrogen-bond acceptors (Lipinski definition) is 7. The van der Waals surface area contributed by atoms with Gasteiger partial charge in [-0.3, -0.25) is 0 Å². The Morgan fingerprint density at radius 2 is 1.85 bits per heavy atom. The summed E-state index contributed by atoms with van der Waals surface area (Å²) in [5.41, 5.74) is 2.72. The molecule has 0 saturated heterocycles. The van der Waals surface area contributed by atoms with Gasteiger partial charge in [0.1, 0.15) is 17.8 Å². The third-order valence-electron chi connectivity index (χ3n) is 2.28. The maximum Gasteiger partial charge on any atom is 0.265 e. The minimum absolute atomic E-state index is 0.371. The highest BCUT2D eigenvalue weighted by atomic mass is 16.3. The third kappa shape index (κ3) is 2.80. The maximum atomic E-state index is 5.14. The van der Waals surface area contributed by atoms with Gasteiger partial charge in [0.25, 0.3) is 5.95 Å². The van der Waals surface area contributed by atoms with Gasteiger partial charge >= 0.3 is 0 Å². The number of rotatable bonds is 5. The number of aromatic nitrogens is 3. The van der Waals surface area contributed by atoms with Crippen LogP contribution in [0, 0.1) is 0 Å². The van der Waals surface area contributed by atoms with Gasteiger partial charge in [0.2, 0.25) is 0 Å². The van der Waals surface area contributed by atoms with E-state index in [1.54, 1.807) is 43.0 Å². The average Bonchev–Trinajstić information content (AvgIpc) is 3.20. The predicted octanol–water partition coefficient (Wildman–Crippen LogP) is 1.79. The van der Waals surface area contributed by atoms with E-state index in [0.29, 0.717) is 17.5 Å². The molecule has 0 aliphatic heterocycles. The van der Waals surface area contributed by atoms with Gasteiger partial charge in [-0.25, -0.2) is 5.43 Å². The fraction of sp³-hybridized carbons (Fsp3) is 0. The highest BCUT2D eigenvalue weighted by Crippen LogP contribution is 2.03. The van der Waals surface area contributed by atoms with Gasteiger partial charge in [-0.2, -0.15) is 14.9 Å². The summed E-state index contributed by atoms with van der Waals surface area (Å²) >= 11 is 0. The lowest BCUT2D eigenvalue weighted by Crippen LogP contribution is -1.98. The molecule has 3 aromatic heterocycles. The Morgan fingerprint density at radius 3 is 2.55 bits per heavy atom. The molecular weight excluding hydrogens is 260 g/mol. The van der Waals surface area contributed by atoms with Gasteiger partial charge in [-0.05, 0) is 24.3 Å². The second-order valence-electron chi connectivity index (χ2n) is 3.64. The first-order chi connectivity index (χ1) is 9.92. The summed E-state index contributed by atoms with van der Waals surface area (Å²) < 4.78 is 11.7. The smallest absolute Gasteiger partial charge is 0.265 e. The average molecular weight is 270 g/mol. The molecule has 0 aromatic carbocycles. The molecule has 0 bridgehead atoms. The molecule has 100 valence electrons. The Labute approximate surface area is 113 Å². The van der Waals surface area contributed by atoms with Crippen molar-refractivity contribution in [3.8, 4) is 0 Å². The number of nitrogens with one attached hydrogen (secondary N) is 1. The van der Waals surface area contributed by atoms with E-state index in [1.807, 2.05) is 0 Å². The molecule has 0 aliphatic rings. The topological polar surface area (TPSA) is 93.7 Å². The second kappa shape index (κ2) is 5.65. The lowest BCUT2D eigenvalue weighted by molar-refractivity contribution is 0.559. The van der Waals surface area contributed by atoms with Gasteiger partial charge in [-0.1, -0.05) is 0 Å². The standard InChI is InChI=1S/C12H10N6O2/c1-3-10(19-5-1)7-13-16-12-17-14-9-18(12)15-8-11-4-2-6-20-11/h1-9H,(H,16,17). The van der Waals surface area contributed by atoms with Crippen LogP contribution in [-0.4, -0.2) is 27.3 Å². The fourth-order valence-electron chi connectivity index (χ4n) is 1.39. The van der Waals surface area contributed by atoms with Crippen molar-refractivity contribution in [3.05, 3.63) is 54.6 Å². The molecule has 0 atom stereocenters. The summed E-state index contributed by atoms with van der Waals surface area (Å²) in [6, 6.07) is 7.12. The van der Waals surface area contributed by atoms with Crippen molar-refractivity contribution in [1.29, 1.82) is 0 Å². The Hall–Kier alpha value is -3.16. The minimum atomic E-state index is 0.371. The molecule has 8 heteroatoms. The Balaban J connectivity index is 1.67. The normalized spacial score (nSPS) is 11.6. The van der Waals surface area contributed by atoms with E-state index < -0.39 is 0 Å². The van der Waals surface area contributed by atoms with E-state index in [2.05, 4.69) is 25.8 Å². The van der Waals surface area contributed by atoms with Crippen LogP contribution >= 0.6 is 0 Å². The zero-order chi connectivity index (χ0) is 13.6. The number of furan rings is 2. The molecule has 3 rings (SSSR count). The van der Waals surface area contributed by atoms with Crippen molar-refractivity contribution in [3.63, 3.8) is 0 Å². The molecule has 0 radical (unpaired) electrons. The predicted molar refractivity (Wildman–Crippen MR) is 71.6 cm³/mol. The molecule has 0 spiro atoms. The molecule has 0 aliphatic carbocycles. The fourth-order valence-corrected chi connectivity index (χ4v) is 1.39. The number of hydrogen-bond donors (Lipinski definition) is 1. The van der Waals surface area contributed by atoms with Crippen LogP contribution in [0.3, 0.4) is 0 Å². The van der Waals surface area contributed by atoms with Crippen molar-refractivity contribution >= 4 is 18.4 Å². The first-order valence-corrected chi connectivity index (χ1v) is 5.72. The molecule has 8 nitrogen and oxygen atoms in total. The van der Waals surface area contributed by atoms with E-state index in [4.69, 9.17) is 8.83 Å². The van der Waals surface area contributed by atoms with Crippen molar-refractivity contribution in [1.82, 2.24) is 14.9 Å². The van der Waals surface area contributed by atoms with Crippen LogP contribution in [0.1, 0.15) is 11.5 Å². The summed E-state index contributed by atoms with van der Waals surface area (Å²) in [5, 5.41) is 15.7. The molecule has 0 fully saturated rings. The van der Waals surface area contributed by atoms with Crippen molar-refractivity contribution in [2.45, 2.75) is 0 Å². The SMILES string of the molecule is C(=NNc1nncn1N=Cc1ccco1)c1ccco1. The van der Waals surface area contributed by atoms with Crippen LogP contribution in [0.4, 0.5) is 5.95 Å². The van der Waals surface area contributed by atoms with Crippen molar-refractivity contribution in [2.75, 3.05) is 5.43 Å². The second-order valence-corrected chi connectivity index (χ2v) is 3.64. The van der Waals surface area contributed by atoms with Crippen LogP contribution in [-0.2, 0) is 0 Å². The Bertz CT molecular complexity index is 696. The van der Waals surface area contributed by atoms with Gasteiger partial charge in [-0.15, -0.1) is 10.2 Å². The van der Waals surface area contributed by atoms with Gasteiger partial charge < -0.3 is 8.83 Å². The summed E-state index contributed by atoms with van der Waals surface area (Å²) in [7, 11) is 0. The maximum absolute atomic E-state index is 5.14. The van der Waals surface area contributed by atoms with Gasteiger partial charge in [0.05, 0.1) is 25.0 Å². The molecule has 20 heavy (non-hydrogen) atoms. The lowest BCUT2D eigenvalue weighted by Gasteiger charge is -1.97. The van der Waals surface area contributed by atoms with E-state index in [0.717, 1.165) is 0 Å². The monoisotopic (exact) mass is 270 g/mol. The molecule has 3 heterocycles. The Kier molecular flexibility index (Phi) is 3.36. The van der Waals surface area contributed by atoms with Gasteiger partial charge in [0, 0.05) is 0 Å². The number of hydrazone groups is 1. The largest absolute Gasteiger partial charge is 0.463 e. The van der Waals surface area contributed by atoms with Crippen LogP contribution in [0.5, 0.6) is 0 Å². The zero-order valence-corrected chi connectivity index (χ0v) is 10.2. The molecule has 0 unspecified atom stereocenters. The van der Waals surface area contributed by atoms with Crippen molar-refractivity contribution in [2.24, 2.45) is 10.2 Å². The lowest BCUT2D eigenvalue weighted by atomic mass is 10.5. The zero-order valence-electron chi connectivity index (χ0n) is 10.2. The first kappa shape index (κ1) is 11.9. The highest BCUT2D eigenvalue weighted by molar-refractivity contribution is 5.76. The molecule has 0 saturated carbocycles. The number of nitrogens with zero attached hydrogens (tertiary/aromatic N) is 5. The third-order valence-corrected chi connectivity index (χ3v) is 2.28. The molecule has 3 aromatic rings. The van der Waals surface area contributed by atoms with Crippen LogP contribution in [0.25, 0.3) is 0 Å². The van der Waals surface area contributed by atoms with Crippen molar-refractivity contribution < 1.29 is 8.83 Å². The van der Waals surface area contributed by atoms with Crippen LogP contribution < -0.4 is 5.43 Å². The summed E-state index contributed by atoms with van der Waals surface area (Å²) in [4.78, 5) is 0. The molecule has 0 amide bonds. The minimum Gasteiger partial charge on any atom is -0.463 e. The summed E-state index contributed by atoms with van der Waals surface area (Å²) in [5.74, 6) is 1.63. The van der Waals surface area contributed by atoms with Crippen LogP contribution in [0.15, 0.2) is 62.2 Å². The highest BCUT2D eigenvalue weighted by Gasteiger charge is 2.00. The van der Waals surface area contributed by atoms with Gasteiger partial charge in [0.15, 0.2) is 0 Å². The summed E-state index contributed by atoms with van der Waals surface area (Å²) in [6.45, 7) is 0. The number of anilines is 1. The first-order valence-electron chi connectivity index (χ1n) is 5.72. The molecular formula is C12H10N6O2. The van der Waals surface area contributed by atoms with E-state index in [9.17, 15) is 0 Å². The summed E-state index contributed by atoms with van der Waals surface area (Å²) in [6.07, 6.45) is 7.65. The van der Waals surface area contributed by atoms with E-state index >= 15 is 0 Å². The van der Waals surface area contributed by atoms with E-state index in [-0.39, 0.29) is 0 Å². The Morgan fingerprint density at radius 1 is 1.10 bits per heavy atom. The van der Waals surface area contributed by atoms with E-state index in [1.165, 1.54) is 17.2 Å². The molecule has 1 N–H and O–H groups in total.